The molecule has 0 heterocycles. The van der Waals surface area contributed by atoms with E-state index in [1.54, 1.807) is 12.1 Å². The van der Waals surface area contributed by atoms with Gasteiger partial charge in [0.1, 0.15) is 5.78 Å². The van der Waals surface area contributed by atoms with E-state index >= 15 is 0 Å². The summed E-state index contributed by atoms with van der Waals surface area (Å²) in [5, 5.41) is 8.87. The zero-order chi connectivity index (χ0) is 17.7. The molecule has 0 amide bonds. The van der Waals surface area contributed by atoms with Crippen LogP contribution in [0.4, 0.5) is 0 Å². The topological polar surface area (TPSA) is 83.5 Å². The smallest absolute Gasteiger partial charge is 0.241 e. The average Bonchev–Trinajstić information content (AvgIpc) is 2.45. The van der Waals surface area contributed by atoms with Gasteiger partial charge in [-0.3, -0.25) is 4.79 Å². The SMILES string of the molecule is CC(=O)[C@H](NS(=O)(=O)c1ccc(Br)cc1)C(C)(C)SCCCO. The van der Waals surface area contributed by atoms with Crippen molar-refractivity contribution in [3.8, 4) is 0 Å². The molecule has 2 N–H and O–H groups in total. The standard InChI is InChI=1S/C15H22BrNO4S2/c1-11(19)14(15(2,3)22-10-4-9-18)17-23(20,21)13-7-5-12(16)6-8-13/h5-8,14,17-18H,4,9-10H2,1-3H3/t14-/m0/s1. The Bertz CT molecular complexity index is 629. The largest absolute Gasteiger partial charge is 0.396 e. The zero-order valence-corrected chi connectivity index (χ0v) is 16.6. The highest BCUT2D eigenvalue weighted by Crippen LogP contribution is 2.30. The number of rotatable bonds is 9. The Hall–Kier alpha value is -0.410. The lowest BCUT2D eigenvalue weighted by Crippen LogP contribution is -2.51. The van der Waals surface area contributed by atoms with Crippen molar-refractivity contribution in [2.75, 3.05) is 12.4 Å². The molecule has 130 valence electrons. The quantitative estimate of drug-likeness (QED) is 0.596. The second-order valence-electron chi connectivity index (χ2n) is 5.65. The molecule has 0 bridgehead atoms. The molecule has 0 fully saturated rings. The second kappa shape index (κ2) is 8.62. The lowest BCUT2D eigenvalue weighted by atomic mass is 10.0. The molecule has 0 aromatic heterocycles. The van der Waals surface area contributed by atoms with Crippen molar-refractivity contribution < 1.29 is 18.3 Å². The number of hydrogen-bond donors (Lipinski definition) is 2. The minimum absolute atomic E-state index is 0.0679. The molecule has 0 radical (unpaired) electrons. The Morgan fingerprint density at radius 2 is 1.91 bits per heavy atom. The van der Waals surface area contributed by atoms with Crippen LogP contribution in [0.25, 0.3) is 0 Å². The maximum Gasteiger partial charge on any atom is 0.241 e. The first-order valence-electron chi connectivity index (χ1n) is 7.13. The Labute approximate surface area is 150 Å². The summed E-state index contributed by atoms with van der Waals surface area (Å²) in [4.78, 5) is 12.1. The molecular formula is C15H22BrNO4S2. The minimum atomic E-state index is -3.79. The number of halogens is 1. The normalized spacial score (nSPS) is 13.8. The summed E-state index contributed by atoms with van der Waals surface area (Å²) in [6.07, 6.45) is 0.595. The fourth-order valence-corrected chi connectivity index (χ4v) is 4.97. The highest BCUT2D eigenvalue weighted by Gasteiger charge is 2.36. The Balaban J connectivity index is 2.98. The van der Waals surface area contributed by atoms with E-state index in [0.717, 1.165) is 4.47 Å². The number of benzene rings is 1. The van der Waals surface area contributed by atoms with Crippen LogP contribution >= 0.6 is 27.7 Å². The Kier molecular flexibility index (Phi) is 7.73. The third-order valence-electron chi connectivity index (χ3n) is 3.28. The molecule has 0 saturated heterocycles. The Morgan fingerprint density at radius 3 is 2.39 bits per heavy atom. The summed E-state index contributed by atoms with van der Waals surface area (Å²) in [5.41, 5.74) is 0. The van der Waals surface area contributed by atoms with E-state index < -0.39 is 20.8 Å². The van der Waals surface area contributed by atoms with Crippen molar-refractivity contribution in [3.63, 3.8) is 0 Å². The number of nitrogens with one attached hydrogen (secondary N) is 1. The lowest BCUT2D eigenvalue weighted by Gasteiger charge is -2.32. The van der Waals surface area contributed by atoms with E-state index in [0.29, 0.717) is 12.2 Å². The van der Waals surface area contributed by atoms with E-state index in [-0.39, 0.29) is 17.3 Å². The molecule has 23 heavy (non-hydrogen) atoms. The van der Waals surface area contributed by atoms with Gasteiger partial charge < -0.3 is 5.11 Å². The number of thioether (sulfide) groups is 1. The molecule has 0 aliphatic rings. The highest BCUT2D eigenvalue weighted by molar-refractivity contribution is 9.10. The second-order valence-corrected chi connectivity index (χ2v) is 10.0. The number of aliphatic hydroxyl groups excluding tert-OH is 1. The number of carbonyl (C=O) groups is 1. The number of hydrogen-bond acceptors (Lipinski definition) is 5. The van der Waals surface area contributed by atoms with Crippen LogP contribution in [-0.2, 0) is 14.8 Å². The first-order valence-corrected chi connectivity index (χ1v) is 10.4. The molecule has 1 aromatic carbocycles. The summed E-state index contributed by atoms with van der Waals surface area (Å²) in [7, 11) is -3.79. The summed E-state index contributed by atoms with van der Waals surface area (Å²) in [6.45, 7) is 5.10. The van der Waals surface area contributed by atoms with Gasteiger partial charge in [0.15, 0.2) is 0 Å². The van der Waals surface area contributed by atoms with Crippen molar-refractivity contribution in [1.29, 1.82) is 0 Å². The predicted octanol–water partition coefficient (Wildman–Crippen LogP) is 2.58. The maximum absolute atomic E-state index is 12.5. The molecule has 5 nitrogen and oxygen atoms in total. The van der Waals surface area contributed by atoms with E-state index in [4.69, 9.17) is 5.11 Å². The van der Waals surface area contributed by atoms with Gasteiger partial charge in [0.05, 0.1) is 10.9 Å². The summed E-state index contributed by atoms with van der Waals surface area (Å²) in [5.74, 6) is 0.403. The first kappa shape index (κ1) is 20.6. The van der Waals surface area contributed by atoms with Crippen molar-refractivity contribution in [2.45, 2.75) is 42.9 Å². The third kappa shape index (κ3) is 6.19. The van der Waals surface area contributed by atoms with Crippen LogP contribution in [0.3, 0.4) is 0 Å². The Morgan fingerprint density at radius 1 is 1.35 bits per heavy atom. The van der Waals surface area contributed by atoms with E-state index in [2.05, 4.69) is 20.7 Å². The van der Waals surface area contributed by atoms with Crippen LogP contribution in [-0.4, -0.2) is 42.5 Å². The van der Waals surface area contributed by atoms with Crippen molar-refractivity contribution >= 4 is 43.5 Å². The fourth-order valence-electron chi connectivity index (χ4n) is 2.03. The molecule has 1 rings (SSSR count). The van der Waals surface area contributed by atoms with Gasteiger partial charge in [-0.1, -0.05) is 15.9 Å². The van der Waals surface area contributed by atoms with Gasteiger partial charge in [0.25, 0.3) is 0 Å². The van der Waals surface area contributed by atoms with Crippen LogP contribution in [0.2, 0.25) is 0 Å². The van der Waals surface area contributed by atoms with Crippen LogP contribution in [0.1, 0.15) is 27.2 Å². The minimum Gasteiger partial charge on any atom is -0.396 e. The highest BCUT2D eigenvalue weighted by atomic mass is 79.9. The lowest BCUT2D eigenvalue weighted by molar-refractivity contribution is -0.119. The molecule has 0 spiro atoms. The number of sulfonamides is 1. The van der Waals surface area contributed by atoms with Gasteiger partial charge in [-0.15, -0.1) is 0 Å². The molecule has 0 saturated carbocycles. The van der Waals surface area contributed by atoms with E-state index in [9.17, 15) is 13.2 Å². The first-order chi connectivity index (χ1) is 10.6. The summed E-state index contributed by atoms with van der Waals surface area (Å²) < 4.78 is 27.7. The number of aliphatic hydroxyl groups is 1. The van der Waals surface area contributed by atoms with E-state index in [1.165, 1.54) is 30.8 Å². The van der Waals surface area contributed by atoms with Gasteiger partial charge in [0.2, 0.25) is 10.0 Å². The molecular weight excluding hydrogens is 402 g/mol. The van der Waals surface area contributed by atoms with Crippen molar-refractivity contribution in [3.05, 3.63) is 28.7 Å². The molecule has 1 atom stereocenters. The zero-order valence-electron chi connectivity index (χ0n) is 13.4. The molecule has 0 aliphatic heterocycles. The number of carbonyl (C=O) groups excluding carboxylic acids is 1. The van der Waals surface area contributed by atoms with Gasteiger partial charge >= 0.3 is 0 Å². The fraction of sp³-hybridized carbons (Fsp3) is 0.533. The van der Waals surface area contributed by atoms with E-state index in [1.807, 2.05) is 13.8 Å². The van der Waals surface area contributed by atoms with Gasteiger partial charge in [0, 0.05) is 15.8 Å². The van der Waals surface area contributed by atoms with Crippen LogP contribution < -0.4 is 4.72 Å². The monoisotopic (exact) mass is 423 g/mol. The predicted molar refractivity (Wildman–Crippen MR) is 97.2 cm³/mol. The maximum atomic E-state index is 12.5. The van der Waals surface area contributed by atoms with Crippen LogP contribution in [0, 0.1) is 0 Å². The average molecular weight is 424 g/mol. The van der Waals surface area contributed by atoms with Gasteiger partial charge in [-0.05, 0) is 57.2 Å². The van der Waals surface area contributed by atoms with Crippen LogP contribution in [0.15, 0.2) is 33.6 Å². The summed E-state index contributed by atoms with van der Waals surface area (Å²) >= 11 is 4.72. The van der Waals surface area contributed by atoms with Crippen molar-refractivity contribution in [1.82, 2.24) is 4.72 Å². The molecule has 0 aliphatic carbocycles. The third-order valence-corrected chi connectivity index (χ3v) is 6.72. The van der Waals surface area contributed by atoms with Crippen LogP contribution in [0.5, 0.6) is 0 Å². The number of Topliss-reactive ketones (excluding diaryl/α,β-unsaturated/α-hetero) is 1. The molecule has 0 unspecified atom stereocenters. The molecule has 8 heteroatoms. The van der Waals surface area contributed by atoms with Gasteiger partial charge in [-0.25, -0.2) is 8.42 Å². The van der Waals surface area contributed by atoms with Crippen molar-refractivity contribution in [2.24, 2.45) is 0 Å². The molecule has 1 aromatic rings. The van der Waals surface area contributed by atoms with Gasteiger partial charge in [-0.2, -0.15) is 16.5 Å². The number of ketones is 1. The summed E-state index contributed by atoms with van der Waals surface area (Å²) in [6, 6.07) is 5.39.